The molecule has 120 valence electrons. The van der Waals surface area contributed by atoms with Gasteiger partial charge in [0.05, 0.1) is 12.8 Å². The third kappa shape index (κ3) is 4.19. The molecule has 0 fully saturated rings. The van der Waals surface area contributed by atoms with E-state index >= 15 is 0 Å². The fraction of sp³-hybridized carbons (Fsp3) is 0.267. The van der Waals surface area contributed by atoms with Gasteiger partial charge in [-0.1, -0.05) is 6.07 Å². The summed E-state index contributed by atoms with van der Waals surface area (Å²) in [6.07, 6.45) is 1.60. The Bertz CT molecular complexity index is 732. The van der Waals surface area contributed by atoms with E-state index in [0.717, 1.165) is 19.0 Å². The molecule has 3 aromatic rings. The minimum Gasteiger partial charge on any atom is -0.461 e. The van der Waals surface area contributed by atoms with E-state index < -0.39 is 0 Å². The van der Waals surface area contributed by atoms with Gasteiger partial charge in [-0.15, -0.1) is 16.4 Å². The predicted molar refractivity (Wildman–Crippen MR) is 90.1 cm³/mol. The van der Waals surface area contributed by atoms with Crippen molar-refractivity contribution in [3.05, 3.63) is 46.6 Å². The molecule has 8 heteroatoms. The molecule has 0 unspecified atom stereocenters. The Morgan fingerprint density at radius 2 is 2.30 bits per heavy atom. The number of hydrogen-bond donors (Lipinski definition) is 3. The third-order valence-corrected chi connectivity index (χ3v) is 3.89. The highest BCUT2D eigenvalue weighted by Gasteiger charge is 2.08. The smallest absolute Gasteiger partial charge is 0.216 e. The van der Waals surface area contributed by atoms with Crippen LogP contribution in [0.5, 0.6) is 0 Å². The minimum atomic E-state index is 0.410. The van der Waals surface area contributed by atoms with Crippen molar-refractivity contribution in [2.75, 3.05) is 6.54 Å². The molecule has 0 aliphatic carbocycles. The highest BCUT2D eigenvalue weighted by Crippen LogP contribution is 2.14. The van der Waals surface area contributed by atoms with Gasteiger partial charge in [0.1, 0.15) is 12.4 Å². The van der Waals surface area contributed by atoms with E-state index in [9.17, 15) is 0 Å². The molecule has 23 heavy (non-hydrogen) atoms. The van der Waals surface area contributed by atoms with E-state index in [2.05, 4.69) is 42.3 Å². The molecule has 0 aromatic carbocycles. The zero-order valence-corrected chi connectivity index (χ0v) is 13.6. The second-order valence-corrected chi connectivity index (χ2v) is 5.74. The first-order valence-electron chi connectivity index (χ1n) is 7.35. The van der Waals surface area contributed by atoms with E-state index in [1.165, 1.54) is 4.88 Å². The van der Waals surface area contributed by atoms with Crippen LogP contribution in [-0.4, -0.2) is 27.7 Å². The Labute approximate surface area is 137 Å². The van der Waals surface area contributed by atoms with Crippen LogP contribution >= 0.6 is 11.3 Å². The van der Waals surface area contributed by atoms with Crippen molar-refractivity contribution in [3.8, 4) is 11.6 Å². The van der Waals surface area contributed by atoms with Crippen molar-refractivity contribution in [2.24, 2.45) is 4.99 Å². The first-order valence-corrected chi connectivity index (χ1v) is 8.23. The molecule has 0 saturated heterocycles. The largest absolute Gasteiger partial charge is 0.461 e. The van der Waals surface area contributed by atoms with Crippen LogP contribution in [0.1, 0.15) is 17.6 Å². The van der Waals surface area contributed by atoms with E-state index in [4.69, 9.17) is 4.42 Å². The number of aromatic amines is 1. The number of aliphatic imine (C=N–C) groups is 1. The lowest BCUT2D eigenvalue weighted by atomic mass is 10.4. The van der Waals surface area contributed by atoms with Crippen LogP contribution in [0.3, 0.4) is 0 Å². The van der Waals surface area contributed by atoms with Crippen LogP contribution < -0.4 is 10.6 Å². The molecular weight excluding hydrogens is 312 g/mol. The van der Waals surface area contributed by atoms with Crippen LogP contribution in [0, 0.1) is 0 Å². The summed E-state index contributed by atoms with van der Waals surface area (Å²) in [5.74, 6) is 2.61. The summed E-state index contributed by atoms with van der Waals surface area (Å²) < 4.78 is 5.27. The molecule has 0 bridgehead atoms. The quantitative estimate of drug-likeness (QED) is 0.477. The van der Waals surface area contributed by atoms with E-state index in [1.807, 2.05) is 19.1 Å². The summed E-state index contributed by atoms with van der Waals surface area (Å²) in [5.41, 5.74) is 0. The van der Waals surface area contributed by atoms with Gasteiger partial charge in [0.15, 0.2) is 11.7 Å². The third-order valence-electron chi connectivity index (χ3n) is 3.01. The van der Waals surface area contributed by atoms with Crippen LogP contribution in [0.4, 0.5) is 0 Å². The molecule has 0 spiro atoms. The lowest BCUT2D eigenvalue weighted by molar-refractivity contribution is 0.577. The number of rotatable bonds is 6. The van der Waals surface area contributed by atoms with Gasteiger partial charge in [0.25, 0.3) is 0 Å². The maximum absolute atomic E-state index is 5.27. The number of thiophene rings is 1. The van der Waals surface area contributed by atoms with Crippen LogP contribution in [-0.2, 0) is 13.1 Å². The van der Waals surface area contributed by atoms with Gasteiger partial charge in [0, 0.05) is 11.4 Å². The highest BCUT2D eigenvalue weighted by atomic mass is 32.1. The average molecular weight is 330 g/mol. The molecular formula is C15H18N6OS. The molecule has 0 radical (unpaired) electrons. The fourth-order valence-electron chi connectivity index (χ4n) is 1.96. The van der Waals surface area contributed by atoms with Crippen molar-refractivity contribution >= 4 is 17.3 Å². The maximum Gasteiger partial charge on any atom is 0.216 e. The molecule has 0 aliphatic rings. The minimum absolute atomic E-state index is 0.410. The van der Waals surface area contributed by atoms with Gasteiger partial charge in [-0.3, -0.25) is 5.10 Å². The van der Waals surface area contributed by atoms with E-state index in [0.29, 0.717) is 24.0 Å². The lowest BCUT2D eigenvalue weighted by Gasteiger charge is -2.09. The van der Waals surface area contributed by atoms with E-state index in [1.54, 1.807) is 23.7 Å². The van der Waals surface area contributed by atoms with E-state index in [-0.39, 0.29) is 0 Å². The van der Waals surface area contributed by atoms with Gasteiger partial charge in [-0.25, -0.2) is 9.98 Å². The molecule has 7 nitrogen and oxygen atoms in total. The van der Waals surface area contributed by atoms with Crippen molar-refractivity contribution in [1.29, 1.82) is 0 Å². The summed E-state index contributed by atoms with van der Waals surface area (Å²) in [6, 6.07) is 7.76. The van der Waals surface area contributed by atoms with Crippen LogP contribution in [0.2, 0.25) is 0 Å². The number of H-pyrrole nitrogens is 1. The molecule has 3 heterocycles. The zero-order chi connectivity index (χ0) is 15.9. The molecule has 0 atom stereocenters. The Hall–Kier alpha value is -2.61. The summed E-state index contributed by atoms with van der Waals surface area (Å²) in [6.45, 7) is 3.99. The highest BCUT2D eigenvalue weighted by molar-refractivity contribution is 7.09. The second-order valence-electron chi connectivity index (χ2n) is 4.71. The van der Waals surface area contributed by atoms with Crippen LogP contribution in [0.15, 0.2) is 45.3 Å². The Morgan fingerprint density at radius 3 is 3.04 bits per heavy atom. The summed E-state index contributed by atoms with van der Waals surface area (Å²) >= 11 is 1.72. The molecule has 0 saturated carbocycles. The van der Waals surface area contributed by atoms with Crippen molar-refractivity contribution in [3.63, 3.8) is 0 Å². The Morgan fingerprint density at radius 1 is 1.35 bits per heavy atom. The predicted octanol–water partition coefficient (Wildman–Crippen LogP) is 2.38. The standard InChI is InChI=1S/C15H18N6OS/c1-2-16-15(17-9-11-5-4-8-23-11)18-10-13-19-14(21-20-13)12-6-3-7-22-12/h3-8H,2,9-10H2,1H3,(H2,16,17,18)(H,19,20,21). The monoisotopic (exact) mass is 330 g/mol. The maximum atomic E-state index is 5.27. The Balaban J connectivity index is 1.61. The zero-order valence-electron chi connectivity index (χ0n) is 12.7. The van der Waals surface area contributed by atoms with Gasteiger partial charge >= 0.3 is 0 Å². The second kappa shape index (κ2) is 7.59. The lowest BCUT2D eigenvalue weighted by Crippen LogP contribution is -2.36. The summed E-state index contributed by atoms with van der Waals surface area (Å²) in [7, 11) is 0. The molecule has 3 N–H and O–H groups in total. The SMILES string of the molecule is CCNC(=NCc1nc(-c2ccco2)n[nH]1)NCc1cccs1. The van der Waals surface area contributed by atoms with Gasteiger partial charge in [0.2, 0.25) is 5.82 Å². The topological polar surface area (TPSA) is 91.1 Å². The van der Waals surface area contributed by atoms with Crippen molar-refractivity contribution < 1.29 is 4.42 Å². The normalized spacial score (nSPS) is 11.6. The summed E-state index contributed by atoms with van der Waals surface area (Å²) in [5, 5.41) is 15.6. The molecule has 0 aliphatic heterocycles. The van der Waals surface area contributed by atoms with Crippen molar-refractivity contribution in [2.45, 2.75) is 20.0 Å². The Kier molecular flexibility index (Phi) is 5.05. The molecule has 3 aromatic heterocycles. The number of hydrogen-bond acceptors (Lipinski definition) is 5. The van der Waals surface area contributed by atoms with Crippen molar-refractivity contribution in [1.82, 2.24) is 25.8 Å². The van der Waals surface area contributed by atoms with Crippen LogP contribution in [0.25, 0.3) is 11.6 Å². The summed E-state index contributed by atoms with van der Waals surface area (Å²) in [4.78, 5) is 10.1. The van der Waals surface area contributed by atoms with Gasteiger partial charge in [-0.2, -0.15) is 0 Å². The number of nitrogens with zero attached hydrogens (tertiary/aromatic N) is 3. The fourth-order valence-corrected chi connectivity index (χ4v) is 2.61. The number of guanidine groups is 1. The van der Waals surface area contributed by atoms with Gasteiger partial charge < -0.3 is 15.1 Å². The number of furan rings is 1. The number of nitrogens with one attached hydrogen (secondary N) is 3. The van der Waals surface area contributed by atoms with Gasteiger partial charge in [-0.05, 0) is 30.5 Å². The number of aromatic nitrogens is 3. The first kappa shape index (κ1) is 15.3. The first-order chi connectivity index (χ1) is 11.3. The average Bonchev–Trinajstić information content (AvgIpc) is 3.32. The molecule has 0 amide bonds. The molecule has 3 rings (SSSR count).